The fourth-order valence-corrected chi connectivity index (χ4v) is 2.13. The number of hydrogen-bond acceptors (Lipinski definition) is 1. The number of amides is 1. The van der Waals surface area contributed by atoms with Gasteiger partial charge in [0.1, 0.15) is 0 Å². The summed E-state index contributed by atoms with van der Waals surface area (Å²) in [5.74, 6) is -0.0966. The van der Waals surface area contributed by atoms with Gasteiger partial charge in [-0.25, -0.2) is 0 Å². The first-order valence-electron chi connectivity index (χ1n) is 5.54. The molecule has 2 rings (SSSR count). The van der Waals surface area contributed by atoms with Gasteiger partial charge in [-0.2, -0.15) is 0 Å². The number of carbonyl (C=O) groups is 1. The molecule has 0 aliphatic carbocycles. The first kappa shape index (κ1) is 14.4. The van der Waals surface area contributed by atoms with Gasteiger partial charge in [0.05, 0.1) is 16.5 Å². The summed E-state index contributed by atoms with van der Waals surface area (Å²) in [6, 6.07) is 12.6. The Bertz CT molecular complexity index is 599. The van der Waals surface area contributed by atoms with E-state index in [0.29, 0.717) is 22.2 Å². The first-order chi connectivity index (χ1) is 9.04. The molecule has 1 amide bonds. The molecule has 0 unspecified atom stereocenters. The molecule has 0 fully saturated rings. The van der Waals surface area contributed by atoms with Crippen LogP contribution in [0.15, 0.2) is 46.9 Å². The van der Waals surface area contributed by atoms with Crippen LogP contribution in [0.1, 0.15) is 5.56 Å². The van der Waals surface area contributed by atoms with Crippen molar-refractivity contribution in [3.05, 3.63) is 62.5 Å². The van der Waals surface area contributed by atoms with Gasteiger partial charge < -0.3 is 5.32 Å². The highest BCUT2D eigenvalue weighted by Crippen LogP contribution is 2.25. The smallest absolute Gasteiger partial charge is 0.228 e. The number of nitrogens with one attached hydrogen (secondary N) is 1. The quantitative estimate of drug-likeness (QED) is 0.827. The lowest BCUT2D eigenvalue weighted by Gasteiger charge is -2.06. The molecule has 0 spiro atoms. The van der Waals surface area contributed by atoms with Crippen molar-refractivity contribution in [1.29, 1.82) is 0 Å². The van der Waals surface area contributed by atoms with Gasteiger partial charge in [0.15, 0.2) is 0 Å². The summed E-state index contributed by atoms with van der Waals surface area (Å²) in [6.07, 6.45) is 0.313. The fraction of sp³-hybridized carbons (Fsp3) is 0.0714. The molecule has 0 aliphatic heterocycles. The zero-order chi connectivity index (χ0) is 13.8. The minimum Gasteiger partial charge on any atom is -0.326 e. The SMILES string of the molecule is O=C(Cc1ccc(Br)cc1)Nc1ccc(Cl)c(Cl)c1. The number of hydrogen-bond donors (Lipinski definition) is 1. The van der Waals surface area contributed by atoms with E-state index in [0.717, 1.165) is 10.0 Å². The lowest BCUT2D eigenvalue weighted by atomic mass is 10.1. The highest BCUT2D eigenvalue weighted by Gasteiger charge is 2.05. The van der Waals surface area contributed by atoms with Gasteiger partial charge in [-0.3, -0.25) is 4.79 Å². The monoisotopic (exact) mass is 357 g/mol. The van der Waals surface area contributed by atoms with E-state index < -0.39 is 0 Å². The standard InChI is InChI=1S/C14H10BrCl2NO/c15-10-3-1-9(2-4-10)7-14(19)18-11-5-6-12(16)13(17)8-11/h1-6,8H,7H2,(H,18,19). The van der Waals surface area contributed by atoms with Crippen molar-refractivity contribution in [2.24, 2.45) is 0 Å². The highest BCUT2D eigenvalue weighted by atomic mass is 79.9. The molecule has 2 aromatic rings. The summed E-state index contributed by atoms with van der Waals surface area (Å²) >= 11 is 15.1. The Hall–Kier alpha value is -1.03. The molecule has 2 nitrogen and oxygen atoms in total. The van der Waals surface area contributed by atoms with Gasteiger partial charge in [0, 0.05) is 10.2 Å². The molecule has 0 saturated carbocycles. The number of halogens is 3. The number of carbonyl (C=O) groups excluding carboxylic acids is 1. The summed E-state index contributed by atoms with van der Waals surface area (Å²) < 4.78 is 0.987. The number of rotatable bonds is 3. The first-order valence-corrected chi connectivity index (χ1v) is 7.09. The Morgan fingerprint density at radius 3 is 2.37 bits per heavy atom. The Morgan fingerprint density at radius 2 is 1.74 bits per heavy atom. The van der Waals surface area contributed by atoms with Crippen molar-refractivity contribution in [3.63, 3.8) is 0 Å². The van der Waals surface area contributed by atoms with Crippen LogP contribution in [0.25, 0.3) is 0 Å². The molecule has 0 saturated heterocycles. The van der Waals surface area contributed by atoms with E-state index in [9.17, 15) is 4.79 Å². The molecule has 5 heteroatoms. The maximum atomic E-state index is 11.9. The van der Waals surface area contributed by atoms with Crippen LogP contribution in [0.2, 0.25) is 10.0 Å². The topological polar surface area (TPSA) is 29.1 Å². The average Bonchev–Trinajstić information content (AvgIpc) is 2.37. The van der Waals surface area contributed by atoms with E-state index in [1.165, 1.54) is 0 Å². The van der Waals surface area contributed by atoms with Gasteiger partial charge in [0.2, 0.25) is 5.91 Å². The minimum absolute atomic E-state index is 0.0966. The molecular weight excluding hydrogens is 349 g/mol. The largest absolute Gasteiger partial charge is 0.326 e. The predicted octanol–water partition coefficient (Wildman–Crippen LogP) is 4.94. The molecule has 98 valence electrons. The van der Waals surface area contributed by atoms with Crippen molar-refractivity contribution in [2.75, 3.05) is 5.32 Å². The van der Waals surface area contributed by atoms with E-state index in [4.69, 9.17) is 23.2 Å². The molecule has 0 aliphatic rings. The molecule has 2 aromatic carbocycles. The molecule has 0 radical (unpaired) electrons. The van der Waals surface area contributed by atoms with E-state index in [2.05, 4.69) is 21.2 Å². The maximum Gasteiger partial charge on any atom is 0.228 e. The maximum absolute atomic E-state index is 11.9. The predicted molar refractivity (Wildman–Crippen MR) is 82.9 cm³/mol. The molecule has 0 atom stereocenters. The van der Waals surface area contributed by atoms with Gasteiger partial charge in [-0.1, -0.05) is 51.3 Å². The summed E-state index contributed by atoms with van der Waals surface area (Å²) in [7, 11) is 0. The van der Waals surface area contributed by atoms with E-state index in [1.807, 2.05) is 24.3 Å². The Balaban J connectivity index is 2.01. The summed E-state index contributed by atoms with van der Waals surface area (Å²) in [4.78, 5) is 11.9. The second kappa shape index (κ2) is 6.42. The average molecular weight is 359 g/mol. The Kier molecular flexibility index (Phi) is 4.86. The Morgan fingerprint density at radius 1 is 1.05 bits per heavy atom. The fourth-order valence-electron chi connectivity index (χ4n) is 1.57. The summed E-state index contributed by atoms with van der Waals surface area (Å²) in [6.45, 7) is 0. The van der Waals surface area contributed by atoms with Crippen molar-refractivity contribution in [1.82, 2.24) is 0 Å². The van der Waals surface area contributed by atoms with E-state index in [1.54, 1.807) is 18.2 Å². The highest BCUT2D eigenvalue weighted by molar-refractivity contribution is 9.10. The number of anilines is 1. The van der Waals surface area contributed by atoms with Crippen LogP contribution >= 0.6 is 39.1 Å². The lowest BCUT2D eigenvalue weighted by Crippen LogP contribution is -2.14. The summed E-state index contributed by atoms with van der Waals surface area (Å²) in [5, 5.41) is 3.66. The van der Waals surface area contributed by atoms with Crippen molar-refractivity contribution in [3.8, 4) is 0 Å². The third-order valence-electron chi connectivity index (χ3n) is 2.48. The molecule has 0 bridgehead atoms. The normalized spacial score (nSPS) is 10.3. The van der Waals surface area contributed by atoms with E-state index in [-0.39, 0.29) is 5.91 Å². The second-order valence-corrected chi connectivity index (χ2v) is 5.71. The van der Waals surface area contributed by atoms with Crippen LogP contribution < -0.4 is 5.32 Å². The minimum atomic E-state index is -0.0966. The van der Waals surface area contributed by atoms with Crippen LogP contribution in [0.5, 0.6) is 0 Å². The molecular formula is C14H10BrCl2NO. The van der Waals surface area contributed by atoms with Crippen LogP contribution in [0, 0.1) is 0 Å². The van der Waals surface area contributed by atoms with Crippen molar-refractivity contribution >= 4 is 50.7 Å². The zero-order valence-corrected chi connectivity index (χ0v) is 12.9. The van der Waals surface area contributed by atoms with Gasteiger partial charge in [0.25, 0.3) is 0 Å². The zero-order valence-electron chi connectivity index (χ0n) is 9.79. The van der Waals surface area contributed by atoms with Crippen molar-refractivity contribution in [2.45, 2.75) is 6.42 Å². The van der Waals surface area contributed by atoms with E-state index >= 15 is 0 Å². The third-order valence-corrected chi connectivity index (χ3v) is 3.75. The van der Waals surface area contributed by atoms with Crippen LogP contribution in [-0.2, 0) is 11.2 Å². The van der Waals surface area contributed by atoms with Crippen molar-refractivity contribution < 1.29 is 4.79 Å². The van der Waals surface area contributed by atoms with Gasteiger partial charge in [-0.15, -0.1) is 0 Å². The second-order valence-electron chi connectivity index (χ2n) is 3.98. The lowest BCUT2D eigenvalue weighted by molar-refractivity contribution is -0.115. The molecule has 0 heterocycles. The molecule has 1 N–H and O–H groups in total. The van der Waals surface area contributed by atoms with Crippen LogP contribution in [-0.4, -0.2) is 5.91 Å². The molecule has 0 aromatic heterocycles. The van der Waals surface area contributed by atoms with Gasteiger partial charge >= 0.3 is 0 Å². The summed E-state index contributed by atoms with van der Waals surface area (Å²) in [5.41, 5.74) is 1.58. The Labute approximate surface area is 129 Å². The van der Waals surface area contributed by atoms with Gasteiger partial charge in [-0.05, 0) is 35.9 Å². The third kappa shape index (κ3) is 4.23. The molecule has 19 heavy (non-hydrogen) atoms. The number of benzene rings is 2. The van der Waals surface area contributed by atoms with Crippen LogP contribution in [0.4, 0.5) is 5.69 Å². The van der Waals surface area contributed by atoms with Crippen LogP contribution in [0.3, 0.4) is 0 Å².